The van der Waals surface area contributed by atoms with Gasteiger partial charge in [-0.1, -0.05) is 0 Å². The van der Waals surface area contributed by atoms with E-state index in [0.29, 0.717) is 43.7 Å². The van der Waals surface area contributed by atoms with Crippen molar-refractivity contribution in [2.24, 2.45) is 11.8 Å². The molecule has 2 aromatic rings. The van der Waals surface area contributed by atoms with Crippen molar-refractivity contribution in [3.05, 3.63) is 60.2 Å². The Morgan fingerprint density at radius 2 is 1.29 bits per heavy atom. The predicted octanol–water partition coefficient (Wildman–Crippen LogP) is 5.00. The van der Waals surface area contributed by atoms with E-state index < -0.39 is 36.1 Å². The molecule has 0 heterocycles. The average molecular weight is 492 g/mol. The van der Waals surface area contributed by atoms with E-state index in [2.05, 4.69) is 10.6 Å². The maximum atomic E-state index is 13.1. The second-order valence-corrected chi connectivity index (χ2v) is 8.13. The normalized spacial score (nSPS) is 17.5. The first-order valence-corrected chi connectivity index (χ1v) is 11.0. The number of hydrogen-bond acceptors (Lipinski definition) is 6. The lowest BCUT2D eigenvalue weighted by Gasteiger charge is -2.32. The highest BCUT2D eigenvalue weighted by atomic mass is 19.1. The van der Waals surface area contributed by atoms with Crippen molar-refractivity contribution in [3.63, 3.8) is 0 Å². The number of nitrogens with one attached hydrogen (secondary N) is 2. The summed E-state index contributed by atoms with van der Waals surface area (Å²) in [5.41, 5.74) is 0.593. The van der Waals surface area contributed by atoms with Crippen LogP contribution in [0, 0.1) is 23.5 Å². The minimum absolute atomic E-state index is 0.132. The minimum Gasteiger partial charge on any atom is -0.480 e. The van der Waals surface area contributed by atoms with Gasteiger partial charge in [0.25, 0.3) is 6.29 Å². The van der Waals surface area contributed by atoms with Crippen LogP contribution in [0.15, 0.2) is 48.5 Å². The van der Waals surface area contributed by atoms with Crippen LogP contribution < -0.4 is 10.6 Å². The van der Waals surface area contributed by atoms with Gasteiger partial charge < -0.3 is 19.3 Å². The first-order valence-electron chi connectivity index (χ1n) is 11.0. The number of aliphatic carboxylic acids is 1. The fourth-order valence-electron chi connectivity index (χ4n) is 3.73. The van der Waals surface area contributed by atoms with Crippen molar-refractivity contribution in [2.45, 2.75) is 32.0 Å². The molecular formula is C24H26F2N2O7. The zero-order valence-corrected chi connectivity index (χ0v) is 18.7. The summed E-state index contributed by atoms with van der Waals surface area (Å²) in [7, 11) is 0. The number of amides is 2. The summed E-state index contributed by atoms with van der Waals surface area (Å²) in [6, 6.07) is 10.1. The van der Waals surface area contributed by atoms with E-state index in [4.69, 9.17) is 19.3 Å². The van der Waals surface area contributed by atoms with Crippen molar-refractivity contribution in [1.29, 1.82) is 0 Å². The number of carboxylic acid groups (broad SMARTS) is 1. The largest absolute Gasteiger partial charge is 0.480 e. The Bertz CT molecular complexity index is 932. The van der Waals surface area contributed by atoms with Gasteiger partial charge in [0, 0.05) is 17.3 Å². The van der Waals surface area contributed by atoms with E-state index in [1.54, 1.807) is 0 Å². The highest BCUT2D eigenvalue weighted by Crippen LogP contribution is 2.33. The predicted molar refractivity (Wildman–Crippen MR) is 121 cm³/mol. The summed E-state index contributed by atoms with van der Waals surface area (Å²) in [5, 5.41) is 13.6. The lowest BCUT2D eigenvalue weighted by Crippen LogP contribution is -2.37. The summed E-state index contributed by atoms with van der Waals surface area (Å²) in [6.07, 6.45) is -0.596. The number of benzene rings is 2. The number of anilines is 2. The molecule has 11 heteroatoms. The Morgan fingerprint density at radius 1 is 0.829 bits per heavy atom. The molecule has 0 unspecified atom stereocenters. The number of carboxylic acids is 1. The molecule has 0 aliphatic heterocycles. The van der Waals surface area contributed by atoms with Crippen LogP contribution in [0.25, 0.3) is 0 Å². The van der Waals surface area contributed by atoms with Crippen LogP contribution in [0.3, 0.4) is 0 Å². The lowest BCUT2D eigenvalue weighted by atomic mass is 9.82. The molecule has 0 saturated heterocycles. The molecular weight excluding hydrogens is 466 g/mol. The minimum atomic E-state index is -1.23. The summed E-state index contributed by atoms with van der Waals surface area (Å²) in [6.45, 7) is -0.0800. The fraction of sp³-hybridized carbons (Fsp3) is 0.375. The van der Waals surface area contributed by atoms with Crippen LogP contribution in [0.5, 0.6) is 0 Å². The van der Waals surface area contributed by atoms with E-state index in [1.165, 1.54) is 48.5 Å². The molecule has 0 spiro atoms. The molecule has 3 N–H and O–H groups in total. The third kappa shape index (κ3) is 8.85. The summed E-state index contributed by atoms with van der Waals surface area (Å²) < 4.78 is 42.2. The van der Waals surface area contributed by atoms with E-state index in [-0.39, 0.29) is 18.4 Å². The van der Waals surface area contributed by atoms with Gasteiger partial charge in [-0.25, -0.2) is 23.2 Å². The van der Waals surface area contributed by atoms with Gasteiger partial charge in [-0.15, -0.1) is 0 Å². The molecule has 0 bridgehead atoms. The number of ether oxygens (including phenoxy) is 3. The Labute approximate surface area is 200 Å². The molecule has 0 atom stereocenters. The number of halogens is 2. The average Bonchev–Trinajstić information content (AvgIpc) is 2.82. The number of hydrogen-bond donors (Lipinski definition) is 3. The smallest absolute Gasteiger partial charge is 0.414 e. The molecule has 1 saturated carbocycles. The van der Waals surface area contributed by atoms with E-state index in [9.17, 15) is 23.2 Å². The van der Waals surface area contributed by atoms with Crippen LogP contribution in [0.1, 0.15) is 25.7 Å². The van der Waals surface area contributed by atoms with Crippen LogP contribution >= 0.6 is 0 Å². The highest BCUT2D eigenvalue weighted by molar-refractivity contribution is 5.86. The highest BCUT2D eigenvalue weighted by Gasteiger charge is 2.33. The van der Waals surface area contributed by atoms with Crippen LogP contribution in [0.2, 0.25) is 0 Å². The van der Waals surface area contributed by atoms with Gasteiger partial charge in [-0.3, -0.25) is 10.6 Å². The molecule has 1 aliphatic rings. The second kappa shape index (κ2) is 12.7. The number of rotatable bonds is 9. The van der Waals surface area contributed by atoms with Crippen LogP contribution in [-0.4, -0.2) is 42.8 Å². The maximum Gasteiger partial charge on any atom is 0.414 e. The topological polar surface area (TPSA) is 123 Å². The van der Waals surface area contributed by atoms with Gasteiger partial charge in [-0.05, 0) is 80.1 Å². The molecule has 2 aromatic carbocycles. The first-order chi connectivity index (χ1) is 16.8. The lowest BCUT2D eigenvalue weighted by molar-refractivity contribution is -0.143. The number of carbonyl (C=O) groups excluding carboxylic acids is 2. The van der Waals surface area contributed by atoms with Crippen molar-refractivity contribution in [1.82, 2.24) is 0 Å². The quantitative estimate of drug-likeness (QED) is 0.421. The zero-order valence-electron chi connectivity index (χ0n) is 18.7. The van der Waals surface area contributed by atoms with Gasteiger partial charge in [-0.2, -0.15) is 0 Å². The molecule has 9 nitrogen and oxygen atoms in total. The Morgan fingerprint density at radius 3 is 1.71 bits per heavy atom. The molecule has 2 amide bonds. The van der Waals surface area contributed by atoms with E-state index in [1.807, 2.05) is 0 Å². The van der Waals surface area contributed by atoms with Crippen molar-refractivity contribution >= 4 is 29.5 Å². The van der Waals surface area contributed by atoms with Gasteiger partial charge >= 0.3 is 18.2 Å². The SMILES string of the molecule is O=C(O)COC[C@H]1CC[C@H](C(OC(=O)Nc2ccc(F)cc2)OC(=O)Nc2ccc(F)cc2)CC1. The van der Waals surface area contributed by atoms with Crippen molar-refractivity contribution in [2.75, 3.05) is 23.8 Å². The third-order valence-corrected chi connectivity index (χ3v) is 5.48. The second-order valence-electron chi connectivity index (χ2n) is 8.13. The van der Waals surface area contributed by atoms with Gasteiger partial charge in [0.2, 0.25) is 0 Å². The van der Waals surface area contributed by atoms with Gasteiger partial charge in [0.15, 0.2) is 0 Å². The molecule has 0 radical (unpaired) electrons. The first kappa shape index (κ1) is 25.9. The standard InChI is InChI=1S/C24H26F2N2O7/c25-17-5-9-19(10-6-17)27-23(31)34-22(35-24(32)28-20-11-7-18(26)8-12-20)16-3-1-15(2-4-16)13-33-14-21(29)30/h5-12,15-16,22H,1-4,13-14H2,(H,27,31)(H,28,32)(H,29,30)/t15-,16-. The monoisotopic (exact) mass is 492 g/mol. The van der Waals surface area contributed by atoms with Gasteiger partial charge in [0.05, 0.1) is 6.61 Å². The van der Waals surface area contributed by atoms with Gasteiger partial charge in [0.1, 0.15) is 18.2 Å². The number of carbonyl (C=O) groups is 3. The summed E-state index contributed by atoms with van der Waals surface area (Å²) in [4.78, 5) is 35.5. The molecule has 1 fully saturated rings. The van der Waals surface area contributed by atoms with Crippen molar-refractivity contribution in [3.8, 4) is 0 Å². The van der Waals surface area contributed by atoms with Crippen LogP contribution in [-0.2, 0) is 19.0 Å². The molecule has 1 aliphatic carbocycles. The molecule has 0 aromatic heterocycles. The maximum absolute atomic E-state index is 13.1. The molecule has 35 heavy (non-hydrogen) atoms. The summed E-state index contributed by atoms with van der Waals surface area (Å²) >= 11 is 0. The molecule has 3 rings (SSSR count). The Hall–Kier alpha value is -3.73. The van der Waals surface area contributed by atoms with Crippen molar-refractivity contribution < 1.29 is 42.5 Å². The van der Waals surface area contributed by atoms with E-state index >= 15 is 0 Å². The molecule has 188 valence electrons. The summed E-state index contributed by atoms with van der Waals surface area (Å²) in [5.74, 6) is -2.16. The fourth-order valence-corrected chi connectivity index (χ4v) is 3.73. The van der Waals surface area contributed by atoms with E-state index in [0.717, 1.165) is 0 Å². The third-order valence-electron chi connectivity index (χ3n) is 5.48. The van der Waals surface area contributed by atoms with Crippen LogP contribution in [0.4, 0.5) is 29.7 Å². The zero-order chi connectivity index (χ0) is 25.2. The Balaban J connectivity index is 1.60. The Kier molecular flexibility index (Phi) is 9.36.